The minimum atomic E-state index is 0.167. The minimum absolute atomic E-state index is 0.167. The largest absolute Gasteiger partial charge is 0.395 e. The van der Waals surface area contributed by atoms with Crippen LogP contribution in [0.3, 0.4) is 0 Å². The molecule has 0 amide bonds. The van der Waals surface area contributed by atoms with E-state index in [1.807, 2.05) is 12.3 Å². The number of nitrogens with one attached hydrogen (secondary N) is 1. The molecular formula is C13H21N3O. The van der Waals surface area contributed by atoms with Gasteiger partial charge in [0.15, 0.2) is 0 Å². The van der Waals surface area contributed by atoms with Gasteiger partial charge in [-0.25, -0.2) is 4.98 Å². The molecule has 17 heavy (non-hydrogen) atoms. The molecular weight excluding hydrogens is 214 g/mol. The molecule has 94 valence electrons. The Morgan fingerprint density at radius 3 is 3.00 bits per heavy atom. The van der Waals surface area contributed by atoms with E-state index in [1.165, 1.54) is 18.4 Å². The summed E-state index contributed by atoms with van der Waals surface area (Å²) in [7, 11) is 0. The van der Waals surface area contributed by atoms with Gasteiger partial charge in [-0.1, -0.05) is 6.07 Å². The second-order valence-corrected chi connectivity index (χ2v) is 4.44. The normalized spacial score (nSPS) is 14.9. The Morgan fingerprint density at radius 2 is 2.35 bits per heavy atom. The first-order valence-electron chi connectivity index (χ1n) is 6.38. The number of aliphatic hydroxyl groups excluding tert-OH is 1. The molecule has 2 rings (SSSR count). The molecule has 0 spiro atoms. The van der Waals surface area contributed by atoms with Gasteiger partial charge in [0.05, 0.1) is 6.61 Å². The zero-order valence-electron chi connectivity index (χ0n) is 10.4. The Labute approximate surface area is 103 Å². The summed E-state index contributed by atoms with van der Waals surface area (Å²) in [6.45, 7) is 4.63. The zero-order chi connectivity index (χ0) is 12.1. The van der Waals surface area contributed by atoms with Gasteiger partial charge >= 0.3 is 0 Å². The van der Waals surface area contributed by atoms with Crippen LogP contribution in [0.5, 0.6) is 0 Å². The highest BCUT2D eigenvalue weighted by molar-refractivity contribution is 5.46. The molecule has 1 heterocycles. The highest BCUT2D eigenvalue weighted by Crippen LogP contribution is 2.21. The first-order valence-corrected chi connectivity index (χ1v) is 6.38. The lowest BCUT2D eigenvalue weighted by Crippen LogP contribution is -2.29. The van der Waals surface area contributed by atoms with Crippen LogP contribution in [0.4, 0.5) is 5.82 Å². The number of aromatic nitrogens is 1. The second kappa shape index (κ2) is 5.98. The predicted molar refractivity (Wildman–Crippen MR) is 69.1 cm³/mol. The van der Waals surface area contributed by atoms with Crippen LogP contribution in [0.25, 0.3) is 0 Å². The van der Waals surface area contributed by atoms with Crippen LogP contribution in [0.15, 0.2) is 18.3 Å². The molecule has 4 nitrogen and oxygen atoms in total. The molecule has 0 aromatic carbocycles. The molecule has 4 heteroatoms. The Balaban J connectivity index is 2.06. The molecule has 0 saturated heterocycles. The van der Waals surface area contributed by atoms with Crippen molar-refractivity contribution in [2.75, 3.05) is 24.6 Å². The van der Waals surface area contributed by atoms with Crippen molar-refractivity contribution in [2.24, 2.45) is 0 Å². The Kier molecular flexibility index (Phi) is 4.34. The number of pyridine rings is 1. The lowest BCUT2D eigenvalue weighted by atomic mass is 10.2. The molecule has 1 aliphatic rings. The van der Waals surface area contributed by atoms with Crippen LogP contribution in [0.2, 0.25) is 0 Å². The standard InChI is InChI=1S/C13H21N3O/c1-2-16(8-9-17)13-11(4-3-7-14-13)10-15-12-5-6-12/h3-4,7,12,15,17H,2,5-6,8-10H2,1H3. The predicted octanol–water partition coefficient (Wildman–Crippen LogP) is 1.15. The van der Waals surface area contributed by atoms with Crippen LogP contribution in [-0.2, 0) is 6.54 Å². The summed E-state index contributed by atoms with van der Waals surface area (Å²) in [5.41, 5.74) is 1.22. The van der Waals surface area contributed by atoms with Crippen molar-refractivity contribution in [3.8, 4) is 0 Å². The average molecular weight is 235 g/mol. The number of hydrogen-bond donors (Lipinski definition) is 2. The van der Waals surface area contributed by atoms with Crippen LogP contribution < -0.4 is 10.2 Å². The number of nitrogens with zero attached hydrogens (tertiary/aromatic N) is 2. The van der Waals surface area contributed by atoms with E-state index in [-0.39, 0.29) is 6.61 Å². The zero-order valence-corrected chi connectivity index (χ0v) is 10.4. The summed E-state index contributed by atoms with van der Waals surface area (Å²) in [6, 6.07) is 4.79. The van der Waals surface area contributed by atoms with E-state index < -0.39 is 0 Å². The minimum Gasteiger partial charge on any atom is -0.395 e. The van der Waals surface area contributed by atoms with Crippen LogP contribution >= 0.6 is 0 Å². The molecule has 0 unspecified atom stereocenters. The van der Waals surface area contributed by atoms with Gasteiger partial charge in [0.1, 0.15) is 5.82 Å². The van der Waals surface area contributed by atoms with E-state index in [0.717, 1.165) is 18.9 Å². The molecule has 1 aromatic heterocycles. The second-order valence-electron chi connectivity index (χ2n) is 4.44. The third-order valence-corrected chi connectivity index (χ3v) is 3.08. The molecule has 0 atom stereocenters. The van der Waals surface area contributed by atoms with Crippen molar-refractivity contribution in [1.82, 2.24) is 10.3 Å². The summed E-state index contributed by atoms with van der Waals surface area (Å²) < 4.78 is 0. The molecule has 1 fully saturated rings. The van der Waals surface area contributed by atoms with Gasteiger partial charge in [-0.2, -0.15) is 0 Å². The van der Waals surface area contributed by atoms with Crippen molar-refractivity contribution in [1.29, 1.82) is 0 Å². The van der Waals surface area contributed by atoms with E-state index in [4.69, 9.17) is 5.11 Å². The fourth-order valence-electron chi connectivity index (χ4n) is 1.93. The lowest BCUT2D eigenvalue weighted by Gasteiger charge is -2.23. The SMILES string of the molecule is CCN(CCO)c1ncccc1CNC1CC1. The van der Waals surface area contributed by atoms with Crippen molar-refractivity contribution in [3.05, 3.63) is 23.9 Å². The van der Waals surface area contributed by atoms with Crippen molar-refractivity contribution in [2.45, 2.75) is 32.4 Å². The molecule has 1 aliphatic carbocycles. The van der Waals surface area contributed by atoms with E-state index in [1.54, 1.807) is 0 Å². The lowest BCUT2D eigenvalue weighted by molar-refractivity contribution is 0.302. The average Bonchev–Trinajstić information content (AvgIpc) is 3.18. The fourth-order valence-corrected chi connectivity index (χ4v) is 1.93. The van der Waals surface area contributed by atoms with Gasteiger partial charge in [0, 0.05) is 37.4 Å². The maximum absolute atomic E-state index is 9.06. The fraction of sp³-hybridized carbons (Fsp3) is 0.615. The molecule has 1 aromatic rings. The summed E-state index contributed by atoms with van der Waals surface area (Å²) >= 11 is 0. The smallest absolute Gasteiger partial charge is 0.133 e. The van der Waals surface area contributed by atoms with E-state index in [9.17, 15) is 0 Å². The molecule has 1 saturated carbocycles. The van der Waals surface area contributed by atoms with Crippen LogP contribution in [0, 0.1) is 0 Å². The third-order valence-electron chi connectivity index (χ3n) is 3.08. The van der Waals surface area contributed by atoms with E-state index >= 15 is 0 Å². The highest BCUT2D eigenvalue weighted by Gasteiger charge is 2.21. The molecule has 0 bridgehead atoms. The van der Waals surface area contributed by atoms with Gasteiger partial charge in [-0.3, -0.25) is 0 Å². The Hall–Kier alpha value is -1.13. The summed E-state index contributed by atoms with van der Waals surface area (Å²) in [4.78, 5) is 6.56. The van der Waals surface area contributed by atoms with Gasteiger partial charge in [0.2, 0.25) is 0 Å². The van der Waals surface area contributed by atoms with Gasteiger partial charge in [-0.05, 0) is 25.8 Å². The number of rotatable bonds is 7. The summed E-state index contributed by atoms with van der Waals surface area (Å²) in [5, 5.41) is 12.6. The molecule has 2 N–H and O–H groups in total. The quantitative estimate of drug-likeness (QED) is 0.744. The number of aliphatic hydroxyl groups is 1. The summed E-state index contributed by atoms with van der Waals surface area (Å²) in [5.74, 6) is 0.997. The highest BCUT2D eigenvalue weighted by atomic mass is 16.3. The molecule has 0 aliphatic heterocycles. The van der Waals surface area contributed by atoms with Crippen LogP contribution in [-0.4, -0.2) is 35.8 Å². The first-order chi connectivity index (χ1) is 8.35. The summed E-state index contributed by atoms with van der Waals surface area (Å²) in [6.07, 6.45) is 4.41. The van der Waals surface area contributed by atoms with Gasteiger partial charge in [0.25, 0.3) is 0 Å². The maximum Gasteiger partial charge on any atom is 0.133 e. The Morgan fingerprint density at radius 1 is 1.53 bits per heavy atom. The van der Waals surface area contributed by atoms with Crippen molar-refractivity contribution in [3.63, 3.8) is 0 Å². The van der Waals surface area contributed by atoms with Gasteiger partial charge < -0.3 is 15.3 Å². The van der Waals surface area contributed by atoms with Crippen molar-refractivity contribution >= 4 is 5.82 Å². The third kappa shape index (κ3) is 3.41. The molecule has 0 radical (unpaired) electrons. The first kappa shape index (κ1) is 12.3. The van der Waals surface area contributed by atoms with Crippen LogP contribution in [0.1, 0.15) is 25.3 Å². The monoisotopic (exact) mass is 235 g/mol. The van der Waals surface area contributed by atoms with Gasteiger partial charge in [-0.15, -0.1) is 0 Å². The Bertz CT molecular complexity index is 352. The topological polar surface area (TPSA) is 48.4 Å². The van der Waals surface area contributed by atoms with E-state index in [2.05, 4.69) is 28.2 Å². The maximum atomic E-state index is 9.06. The number of hydrogen-bond acceptors (Lipinski definition) is 4. The number of anilines is 1. The number of likely N-dealkylation sites (N-methyl/N-ethyl adjacent to an activating group) is 1. The van der Waals surface area contributed by atoms with Crippen molar-refractivity contribution < 1.29 is 5.11 Å². The van der Waals surface area contributed by atoms with E-state index in [0.29, 0.717) is 12.6 Å².